The van der Waals surface area contributed by atoms with Gasteiger partial charge in [0.1, 0.15) is 29.5 Å². The van der Waals surface area contributed by atoms with E-state index in [9.17, 15) is 49.8 Å². The molecule has 5 fully saturated rings. The third-order valence-electron chi connectivity index (χ3n) is 22.0. The van der Waals surface area contributed by atoms with Crippen LogP contribution < -0.4 is 10.6 Å². The number of aliphatic hydroxyl groups excluding tert-OH is 3. The summed E-state index contributed by atoms with van der Waals surface area (Å²) in [6.07, 6.45) is -5.56. The smallest absolute Gasteiger partial charge is 0.311 e. The van der Waals surface area contributed by atoms with Gasteiger partial charge in [-0.2, -0.15) is 0 Å². The summed E-state index contributed by atoms with van der Waals surface area (Å²) < 4.78 is 62.7. The molecule has 7 rings (SSSR count). The summed E-state index contributed by atoms with van der Waals surface area (Å²) in [5.41, 5.74) is -10.5. The molecule has 3 saturated heterocycles. The SMILES string of the molecule is CC[C@H]1OC(=O)[C@H](C)[C@@H](O[C@H]2C[C@@](C)(OC)[C@@H](OC(=O)CCNCCNC(=O)[C@@]3(O)[C@H](C)CC4C5CC=C6CC(=O)C=C[C@]6(C)[C@@]5(F)[C@@H](O)C[C@@]43C)[C@H](C)O2)[C@H](C)[C@@H](O[C@@H]2O[C@H](C)C[C@H](N(C)C)[C@H]2O)[C@](C)(O)C[C@@H](C)CN(C)[C@H](C)[C@@H](O)[C@]1(C)O. The number of methoxy groups -OCH3 is 1. The maximum absolute atomic E-state index is 17.7. The zero-order chi connectivity index (χ0) is 64.2. The van der Waals surface area contributed by atoms with Crippen LogP contribution in [0.3, 0.4) is 0 Å². The van der Waals surface area contributed by atoms with Gasteiger partial charge in [-0.1, -0.05) is 52.3 Å². The number of carbonyl (C=O) groups is 4. The highest BCUT2D eigenvalue weighted by Gasteiger charge is 2.75. The number of rotatable bonds is 15. The predicted octanol–water partition coefficient (Wildman–Crippen LogP) is 3.90. The van der Waals surface area contributed by atoms with Crippen LogP contribution >= 0.6 is 0 Å². The van der Waals surface area contributed by atoms with Gasteiger partial charge in [0.25, 0.3) is 5.91 Å². The topological polar surface area (TPSA) is 285 Å². The summed E-state index contributed by atoms with van der Waals surface area (Å²) in [4.78, 5) is 58.6. The lowest BCUT2D eigenvalue weighted by Gasteiger charge is -2.61. The molecule has 2 unspecified atom stereocenters. The van der Waals surface area contributed by atoms with E-state index in [2.05, 4.69) is 10.6 Å². The summed E-state index contributed by atoms with van der Waals surface area (Å²) in [5.74, 6) is -5.95. The van der Waals surface area contributed by atoms with E-state index in [-0.39, 0.29) is 88.4 Å². The predicted molar refractivity (Wildman–Crippen MR) is 316 cm³/mol. The molecule has 8 N–H and O–H groups in total. The van der Waals surface area contributed by atoms with Gasteiger partial charge in [0.15, 0.2) is 35.7 Å². The minimum absolute atomic E-state index is 0.00123. The van der Waals surface area contributed by atoms with E-state index in [4.69, 9.17) is 33.2 Å². The second-order valence-electron chi connectivity index (χ2n) is 28.6. The molecule has 3 heterocycles. The minimum atomic E-state index is -2.09. The van der Waals surface area contributed by atoms with Crippen molar-refractivity contribution in [2.24, 2.45) is 46.3 Å². The fraction of sp³-hybridized carbons (Fsp3) is 0.875. The van der Waals surface area contributed by atoms with Crippen LogP contribution in [0.2, 0.25) is 0 Å². The summed E-state index contributed by atoms with van der Waals surface area (Å²) in [7, 11) is 7.03. The highest BCUT2D eigenvalue weighted by atomic mass is 19.1. The van der Waals surface area contributed by atoms with E-state index >= 15 is 4.39 Å². The number of allylic oxidation sites excluding steroid dienone is 4. The molecule has 0 bridgehead atoms. The van der Waals surface area contributed by atoms with Crippen LogP contribution in [0.25, 0.3) is 0 Å². The number of likely N-dealkylation sites (N-methyl/N-ethyl adjacent to an activating group) is 2. The van der Waals surface area contributed by atoms with Crippen LogP contribution in [-0.4, -0.2) is 226 Å². The van der Waals surface area contributed by atoms with Gasteiger partial charge in [-0.15, -0.1) is 0 Å². The average Bonchev–Trinajstić information content (AvgIpc) is 1.34. The normalized spacial score (nSPS) is 48.0. The molecule has 0 aromatic heterocycles. The first-order valence-electron chi connectivity index (χ1n) is 31.6. The third-order valence-corrected chi connectivity index (χ3v) is 22.0. The number of halogens is 1. The Hall–Kier alpha value is -3.07. The van der Waals surface area contributed by atoms with Gasteiger partial charge in [0.05, 0.1) is 48.5 Å². The van der Waals surface area contributed by atoms with Crippen LogP contribution in [0.1, 0.15) is 148 Å². The number of nitrogens with one attached hydrogen (secondary N) is 2. The van der Waals surface area contributed by atoms with Gasteiger partial charge >= 0.3 is 11.9 Å². The van der Waals surface area contributed by atoms with Crippen molar-refractivity contribution in [3.05, 3.63) is 23.8 Å². The fourth-order valence-electron chi connectivity index (χ4n) is 16.8. The summed E-state index contributed by atoms with van der Waals surface area (Å²) >= 11 is 0. The Kier molecular flexibility index (Phi) is 21.8. The molecule has 26 atom stereocenters. The average molecular weight is 1220 g/mol. The molecule has 21 nitrogen and oxygen atoms in total. The summed E-state index contributed by atoms with van der Waals surface area (Å²) in [6, 6.07) is -0.945. The van der Waals surface area contributed by atoms with E-state index in [0.29, 0.717) is 25.0 Å². The molecule has 7 aliphatic rings. The van der Waals surface area contributed by atoms with Crippen LogP contribution in [0.15, 0.2) is 23.8 Å². The molecular formula is C64H107FN4O17. The lowest BCUT2D eigenvalue weighted by atomic mass is 9.45. The van der Waals surface area contributed by atoms with E-state index in [1.54, 1.807) is 75.3 Å². The molecule has 3 aliphatic heterocycles. The molecular weight excluding hydrogens is 1120 g/mol. The molecule has 0 aromatic rings. The van der Waals surface area contributed by atoms with Gasteiger partial charge in [0, 0.05) is 80.9 Å². The minimum Gasteiger partial charge on any atom is -0.459 e. The first-order chi connectivity index (χ1) is 39.9. The highest BCUT2D eigenvalue weighted by molar-refractivity contribution is 5.93. The van der Waals surface area contributed by atoms with Crippen molar-refractivity contribution in [2.45, 2.75) is 255 Å². The lowest BCUT2D eigenvalue weighted by Crippen LogP contribution is -2.69. The van der Waals surface area contributed by atoms with Crippen LogP contribution in [0, 0.1) is 46.3 Å². The van der Waals surface area contributed by atoms with Gasteiger partial charge in [0.2, 0.25) is 0 Å². The zero-order valence-corrected chi connectivity index (χ0v) is 54.3. The number of ketones is 1. The number of nitrogens with zero attached hydrogens (tertiary/aromatic N) is 2. The molecule has 2 saturated carbocycles. The Morgan fingerprint density at radius 2 is 1.56 bits per heavy atom. The molecule has 0 aromatic carbocycles. The number of amides is 1. The molecule has 492 valence electrons. The number of esters is 2. The summed E-state index contributed by atoms with van der Waals surface area (Å²) in [6.45, 7) is 23.5. The van der Waals surface area contributed by atoms with Gasteiger partial charge in [-0.05, 0) is 139 Å². The fourth-order valence-corrected chi connectivity index (χ4v) is 16.8. The number of aliphatic hydroxyl groups is 6. The number of cyclic esters (lactones) is 1. The van der Waals surface area contributed by atoms with Gasteiger partial charge in [-0.25, -0.2) is 4.39 Å². The van der Waals surface area contributed by atoms with Gasteiger partial charge < -0.3 is 84.2 Å². The Bertz CT molecular complexity index is 2470. The number of hydrogen-bond acceptors (Lipinski definition) is 20. The highest BCUT2D eigenvalue weighted by Crippen LogP contribution is 2.70. The van der Waals surface area contributed by atoms with Gasteiger partial charge in [-0.3, -0.25) is 19.2 Å². The van der Waals surface area contributed by atoms with Crippen LogP contribution in [-0.2, 0) is 52.3 Å². The Balaban J connectivity index is 1.02. The number of fused-ring (bicyclic) bond motifs is 5. The van der Waals surface area contributed by atoms with E-state index in [0.717, 1.165) is 0 Å². The first kappa shape index (κ1) is 70.4. The van der Waals surface area contributed by atoms with E-state index in [1.165, 1.54) is 20.1 Å². The largest absolute Gasteiger partial charge is 0.459 e. The van der Waals surface area contributed by atoms with E-state index in [1.807, 2.05) is 50.9 Å². The van der Waals surface area contributed by atoms with Crippen molar-refractivity contribution < 1.29 is 87.4 Å². The zero-order valence-electron chi connectivity index (χ0n) is 54.3. The molecule has 4 aliphatic carbocycles. The maximum Gasteiger partial charge on any atom is 0.311 e. The molecule has 0 spiro atoms. The molecule has 0 radical (unpaired) electrons. The Morgan fingerprint density at radius 1 is 0.884 bits per heavy atom. The number of alkyl halides is 1. The standard InChI is InChI=1S/C64H107FN4O17/c1-18-47-62(13,78)52(74)39(7)69(16)33-34(2)30-60(11,77)53(86-56-50(73)45(68(14)15)28-36(4)81-56)37(5)51(38(6)55(75)83-47)85-49-32-61(12,80-17)54(40(8)82-49)84-48(72)22-24-66-25-26-67-57(76)64(79)35(3)27-44-43-20-19-41-29-42(70)21-23-58(41,9)63(43,65)46(71)31-59(44,64)10/h19,21,23,34-40,43-47,49-54,56,66,71,73-74,77-79H,18,20,22,24-33H2,1-17H3,(H,67,76)/t34-,35-,36-,37+,38-,39-,40+,43?,44?,45+,46+,47-,49+,50-,51+,52-,53-,54+,56+,58+,59+,60-,61-,62-,63+,64+/m1/s1. The second-order valence-corrected chi connectivity index (χ2v) is 28.6. The molecule has 86 heavy (non-hydrogen) atoms. The first-order valence-corrected chi connectivity index (χ1v) is 31.6. The van der Waals surface area contributed by atoms with Crippen LogP contribution in [0.4, 0.5) is 4.39 Å². The van der Waals surface area contributed by atoms with E-state index < -0.39 is 154 Å². The van der Waals surface area contributed by atoms with Crippen molar-refractivity contribution in [2.75, 3.05) is 54.4 Å². The van der Waals surface area contributed by atoms with Crippen molar-refractivity contribution in [1.29, 1.82) is 0 Å². The van der Waals surface area contributed by atoms with Crippen molar-refractivity contribution >= 4 is 23.6 Å². The number of hydrogen-bond donors (Lipinski definition) is 8. The van der Waals surface area contributed by atoms with Crippen molar-refractivity contribution in [3.63, 3.8) is 0 Å². The number of carbonyl (C=O) groups excluding carboxylic acids is 4. The monoisotopic (exact) mass is 1220 g/mol. The Labute approximate surface area is 509 Å². The van der Waals surface area contributed by atoms with Crippen LogP contribution in [0.5, 0.6) is 0 Å². The summed E-state index contributed by atoms with van der Waals surface area (Å²) in [5, 5.41) is 78.5. The van der Waals surface area contributed by atoms with Crippen molar-refractivity contribution in [3.8, 4) is 0 Å². The quantitative estimate of drug-likeness (QED) is 0.0656. The third kappa shape index (κ3) is 13.1. The van der Waals surface area contributed by atoms with Crippen molar-refractivity contribution in [1.82, 2.24) is 20.4 Å². The molecule has 1 amide bonds. The Morgan fingerprint density at radius 3 is 2.20 bits per heavy atom. The lowest BCUT2D eigenvalue weighted by molar-refractivity contribution is -0.318. The second kappa shape index (κ2) is 26.6. The maximum atomic E-state index is 17.7. The number of ether oxygens (including phenoxy) is 7. The molecule has 22 heteroatoms.